The summed E-state index contributed by atoms with van der Waals surface area (Å²) < 4.78 is 10.9. The first-order chi connectivity index (χ1) is 6.22. The van der Waals surface area contributed by atoms with E-state index in [9.17, 15) is 4.79 Å². The van der Waals surface area contributed by atoms with E-state index >= 15 is 0 Å². The maximum atomic E-state index is 11.2. The Kier molecular flexibility index (Phi) is 3.88. The maximum absolute atomic E-state index is 11.2. The molecule has 1 unspecified atom stereocenters. The number of rotatable bonds is 3. The van der Waals surface area contributed by atoms with Crippen LogP contribution in [0.2, 0.25) is 0 Å². The molecule has 1 aliphatic carbocycles. The summed E-state index contributed by atoms with van der Waals surface area (Å²) in [5.41, 5.74) is 0. The molecule has 0 aromatic carbocycles. The molecule has 1 atom stereocenters. The van der Waals surface area contributed by atoms with Crippen LogP contribution in [0.1, 0.15) is 39.0 Å². The Morgan fingerprint density at radius 2 is 2.15 bits per heavy atom. The van der Waals surface area contributed by atoms with Crippen molar-refractivity contribution in [2.75, 3.05) is 13.7 Å². The van der Waals surface area contributed by atoms with E-state index in [1.807, 2.05) is 6.92 Å². The van der Waals surface area contributed by atoms with Crippen LogP contribution in [0.5, 0.6) is 0 Å². The van der Waals surface area contributed by atoms with E-state index in [0.717, 1.165) is 12.8 Å². The predicted octanol–water partition coefficient (Wildman–Crippen LogP) is 1.90. The lowest BCUT2D eigenvalue weighted by Crippen LogP contribution is -2.34. The molecule has 0 aliphatic heterocycles. The van der Waals surface area contributed by atoms with Crippen LogP contribution in [0.4, 0.5) is 0 Å². The average molecular weight is 186 g/mol. The van der Waals surface area contributed by atoms with E-state index in [2.05, 4.69) is 0 Å². The molecule has 76 valence electrons. The van der Waals surface area contributed by atoms with Crippen molar-refractivity contribution in [2.24, 2.45) is 0 Å². The number of carbonyl (C=O) groups is 1. The van der Waals surface area contributed by atoms with Gasteiger partial charge < -0.3 is 9.47 Å². The summed E-state index contributed by atoms with van der Waals surface area (Å²) in [6, 6.07) is 0. The molecule has 0 saturated heterocycles. The Hall–Kier alpha value is -0.410. The number of hydrogen-bond acceptors (Lipinski definition) is 3. The summed E-state index contributed by atoms with van der Waals surface area (Å²) in [5, 5.41) is 0. The topological polar surface area (TPSA) is 35.5 Å². The summed E-state index contributed by atoms with van der Waals surface area (Å²) >= 11 is 0. The fraction of sp³-hybridized carbons (Fsp3) is 0.900. The van der Waals surface area contributed by atoms with E-state index in [1.165, 1.54) is 0 Å². The smallest absolute Gasteiger partial charge is 0.168 e. The highest BCUT2D eigenvalue weighted by Crippen LogP contribution is 2.29. The van der Waals surface area contributed by atoms with Gasteiger partial charge in [-0.15, -0.1) is 0 Å². The average Bonchev–Trinajstić information content (AvgIpc) is 2.30. The molecular weight excluding hydrogens is 168 g/mol. The summed E-state index contributed by atoms with van der Waals surface area (Å²) in [6.45, 7) is 2.59. The predicted molar refractivity (Wildman–Crippen MR) is 49.5 cm³/mol. The molecule has 3 heteroatoms. The fourth-order valence-electron chi connectivity index (χ4n) is 1.81. The molecule has 0 heterocycles. The van der Waals surface area contributed by atoms with Gasteiger partial charge in [-0.1, -0.05) is 0 Å². The molecule has 0 bridgehead atoms. The van der Waals surface area contributed by atoms with Gasteiger partial charge >= 0.3 is 0 Å². The van der Waals surface area contributed by atoms with Gasteiger partial charge in [0.15, 0.2) is 5.79 Å². The standard InChI is InChI=1S/C10H18O3/c1-3-13-10(12-2)7-4-5-9(11)6-8-10/h3-8H2,1-2H3. The van der Waals surface area contributed by atoms with Gasteiger partial charge in [0, 0.05) is 39.4 Å². The van der Waals surface area contributed by atoms with Crippen LogP contribution in [0, 0.1) is 0 Å². The number of carbonyl (C=O) groups excluding carboxylic acids is 1. The van der Waals surface area contributed by atoms with Gasteiger partial charge in [0.2, 0.25) is 0 Å². The number of ketones is 1. The molecule has 0 radical (unpaired) electrons. The monoisotopic (exact) mass is 186 g/mol. The van der Waals surface area contributed by atoms with E-state index < -0.39 is 5.79 Å². The van der Waals surface area contributed by atoms with Crippen molar-refractivity contribution >= 4 is 5.78 Å². The Morgan fingerprint density at radius 1 is 1.38 bits per heavy atom. The second-order valence-corrected chi connectivity index (χ2v) is 3.44. The van der Waals surface area contributed by atoms with Crippen LogP contribution >= 0.6 is 0 Å². The second-order valence-electron chi connectivity index (χ2n) is 3.44. The van der Waals surface area contributed by atoms with E-state index in [-0.39, 0.29) is 0 Å². The third-order valence-corrected chi connectivity index (χ3v) is 2.58. The lowest BCUT2D eigenvalue weighted by atomic mass is 10.1. The van der Waals surface area contributed by atoms with Crippen molar-refractivity contribution in [3.8, 4) is 0 Å². The Morgan fingerprint density at radius 3 is 2.77 bits per heavy atom. The van der Waals surface area contributed by atoms with Crippen molar-refractivity contribution in [3.05, 3.63) is 0 Å². The molecule has 0 N–H and O–H groups in total. The second kappa shape index (κ2) is 4.72. The Bertz CT molecular complexity index is 179. The summed E-state index contributed by atoms with van der Waals surface area (Å²) in [5.74, 6) is -0.153. The minimum Gasteiger partial charge on any atom is -0.353 e. The van der Waals surface area contributed by atoms with Crippen molar-refractivity contribution in [3.63, 3.8) is 0 Å². The van der Waals surface area contributed by atoms with Gasteiger partial charge in [0.05, 0.1) is 0 Å². The van der Waals surface area contributed by atoms with Crippen LogP contribution in [0.3, 0.4) is 0 Å². The van der Waals surface area contributed by atoms with Gasteiger partial charge in [-0.25, -0.2) is 0 Å². The first-order valence-corrected chi connectivity index (χ1v) is 4.93. The Labute approximate surface area is 79.4 Å². The zero-order valence-electron chi connectivity index (χ0n) is 8.47. The number of Topliss-reactive ketones (excluding diaryl/α,β-unsaturated/α-hetero) is 1. The summed E-state index contributed by atoms with van der Waals surface area (Å²) in [4.78, 5) is 11.2. The van der Waals surface area contributed by atoms with E-state index in [1.54, 1.807) is 7.11 Å². The van der Waals surface area contributed by atoms with E-state index in [0.29, 0.717) is 31.7 Å². The molecule has 1 saturated carbocycles. The lowest BCUT2D eigenvalue weighted by molar-refractivity contribution is -0.226. The number of methoxy groups -OCH3 is 1. The Balaban J connectivity index is 2.58. The quantitative estimate of drug-likeness (QED) is 0.499. The van der Waals surface area contributed by atoms with Crippen LogP contribution in [0.15, 0.2) is 0 Å². The van der Waals surface area contributed by atoms with Crippen LogP contribution < -0.4 is 0 Å². The number of ether oxygens (including phenoxy) is 2. The van der Waals surface area contributed by atoms with Crippen LogP contribution in [0.25, 0.3) is 0 Å². The van der Waals surface area contributed by atoms with Crippen LogP contribution in [-0.2, 0) is 14.3 Å². The highest BCUT2D eigenvalue weighted by Gasteiger charge is 2.32. The molecular formula is C10H18O3. The zero-order chi connectivity index (χ0) is 9.73. The molecule has 3 nitrogen and oxygen atoms in total. The van der Waals surface area contributed by atoms with Crippen molar-refractivity contribution in [2.45, 2.75) is 44.8 Å². The highest BCUT2D eigenvalue weighted by atomic mass is 16.7. The first kappa shape index (κ1) is 10.7. The van der Waals surface area contributed by atoms with Crippen molar-refractivity contribution in [1.29, 1.82) is 0 Å². The molecule has 1 aliphatic rings. The van der Waals surface area contributed by atoms with E-state index in [4.69, 9.17) is 9.47 Å². The molecule has 1 fully saturated rings. The van der Waals surface area contributed by atoms with Gasteiger partial charge in [-0.05, 0) is 13.3 Å². The minimum atomic E-state index is -0.485. The van der Waals surface area contributed by atoms with Gasteiger partial charge in [-0.2, -0.15) is 0 Å². The molecule has 0 aromatic heterocycles. The zero-order valence-corrected chi connectivity index (χ0v) is 8.47. The minimum absolute atomic E-state index is 0.332. The van der Waals surface area contributed by atoms with Gasteiger partial charge in [0.25, 0.3) is 0 Å². The molecule has 0 spiro atoms. The fourth-order valence-corrected chi connectivity index (χ4v) is 1.81. The molecule has 1 rings (SSSR count). The normalized spacial score (nSPS) is 30.2. The highest BCUT2D eigenvalue weighted by molar-refractivity contribution is 5.78. The molecule has 0 amide bonds. The molecule has 0 aromatic rings. The summed E-state index contributed by atoms with van der Waals surface area (Å²) in [6.07, 6.45) is 3.69. The summed E-state index contributed by atoms with van der Waals surface area (Å²) in [7, 11) is 1.66. The SMILES string of the molecule is CCOC1(OC)CCCC(=O)CC1. The number of hydrogen-bond donors (Lipinski definition) is 0. The largest absolute Gasteiger partial charge is 0.353 e. The molecule has 13 heavy (non-hydrogen) atoms. The van der Waals surface area contributed by atoms with Crippen molar-refractivity contribution in [1.82, 2.24) is 0 Å². The van der Waals surface area contributed by atoms with Crippen molar-refractivity contribution < 1.29 is 14.3 Å². The maximum Gasteiger partial charge on any atom is 0.168 e. The van der Waals surface area contributed by atoms with Gasteiger partial charge in [0.1, 0.15) is 5.78 Å². The third kappa shape index (κ3) is 2.78. The lowest BCUT2D eigenvalue weighted by Gasteiger charge is -2.30. The van der Waals surface area contributed by atoms with Crippen LogP contribution in [-0.4, -0.2) is 25.3 Å². The van der Waals surface area contributed by atoms with Gasteiger partial charge in [-0.3, -0.25) is 4.79 Å². The first-order valence-electron chi connectivity index (χ1n) is 4.93. The third-order valence-electron chi connectivity index (χ3n) is 2.58.